The highest BCUT2D eigenvalue weighted by Gasteiger charge is 2.43. The van der Waals surface area contributed by atoms with Crippen molar-refractivity contribution in [2.45, 2.75) is 69.6 Å². The minimum Gasteiger partial charge on any atom is -0.378 e. The van der Waals surface area contributed by atoms with Crippen LogP contribution in [0.5, 0.6) is 0 Å². The summed E-state index contributed by atoms with van der Waals surface area (Å²) in [7, 11) is 0. The van der Waals surface area contributed by atoms with E-state index in [2.05, 4.69) is 12.2 Å². The van der Waals surface area contributed by atoms with Crippen molar-refractivity contribution in [2.24, 2.45) is 0 Å². The van der Waals surface area contributed by atoms with E-state index in [0.29, 0.717) is 6.10 Å². The zero-order chi connectivity index (χ0) is 12.9. The first kappa shape index (κ1) is 12.3. The number of hydrogen-bond donors (Lipinski definition) is 1. The molecule has 1 aromatic rings. The van der Waals surface area contributed by atoms with Gasteiger partial charge in [0, 0.05) is 17.5 Å². The van der Waals surface area contributed by atoms with Crippen LogP contribution in [-0.2, 0) is 23.1 Å². The van der Waals surface area contributed by atoms with E-state index in [-0.39, 0.29) is 5.54 Å². The van der Waals surface area contributed by atoms with E-state index in [1.165, 1.54) is 42.8 Å². The Labute approximate surface area is 118 Å². The predicted molar refractivity (Wildman–Crippen MR) is 76.6 cm³/mol. The van der Waals surface area contributed by atoms with Crippen LogP contribution in [0.15, 0.2) is 0 Å². The Hall–Kier alpha value is -0.450. The SMILES string of the molecule is CC1CC(NC2CC2)(c2nc3c(s2)CCC3)CCO1. The zero-order valence-electron chi connectivity index (χ0n) is 11.6. The smallest absolute Gasteiger partial charge is 0.113 e. The lowest BCUT2D eigenvalue weighted by Gasteiger charge is -2.39. The van der Waals surface area contributed by atoms with Gasteiger partial charge in [-0.3, -0.25) is 0 Å². The topological polar surface area (TPSA) is 34.2 Å². The van der Waals surface area contributed by atoms with Gasteiger partial charge in [-0.1, -0.05) is 0 Å². The molecule has 0 spiro atoms. The predicted octanol–water partition coefficient (Wildman–Crippen LogP) is 2.78. The van der Waals surface area contributed by atoms with Gasteiger partial charge in [0.15, 0.2) is 0 Å². The normalized spacial score (nSPS) is 34.5. The summed E-state index contributed by atoms with van der Waals surface area (Å²) in [6, 6.07) is 0.726. The van der Waals surface area contributed by atoms with Gasteiger partial charge >= 0.3 is 0 Å². The Bertz CT molecular complexity index is 457. The molecule has 1 saturated carbocycles. The highest BCUT2D eigenvalue weighted by molar-refractivity contribution is 7.12. The fourth-order valence-electron chi connectivity index (χ4n) is 3.49. The van der Waals surface area contributed by atoms with Gasteiger partial charge in [-0.25, -0.2) is 4.98 Å². The van der Waals surface area contributed by atoms with Crippen LogP contribution < -0.4 is 5.32 Å². The maximum atomic E-state index is 5.77. The molecule has 19 heavy (non-hydrogen) atoms. The number of fused-ring (bicyclic) bond motifs is 1. The molecule has 1 aromatic heterocycles. The van der Waals surface area contributed by atoms with Gasteiger partial charge in [0.25, 0.3) is 0 Å². The van der Waals surface area contributed by atoms with Crippen LogP contribution in [0.3, 0.4) is 0 Å². The average molecular weight is 278 g/mol. The Morgan fingerprint density at radius 3 is 3.00 bits per heavy atom. The molecular weight excluding hydrogens is 256 g/mol. The largest absolute Gasteiger partial charge is 0.378 e. The third-order valence-corrected chi connectivity index (χ3v) is 5.99. The molecule has 4 rings (SSSR count). The molecule has 2 aliphatic carbocycles. The Balaban J connectivity index is 1.67. The molecule has 0 amide bonds. The van der Waals surface area contributed by atoms with E-state index in [1.807, 2.05) is 11.3 Å². The molecule has 2 atom stereocenters. The van der Waals surface area contributed by atoms with Crippen LogP contribution in [0, 0.1) is 0 Å². The van der Waals surface area contributed by atoms with E-state index < -0.39 is 0 Å². The molecular formula is C15H22N2OS. The molecule has 3 nitrogen and oxygen atoms in total. The Morgan fingerprint density at radius 1 is 1.37 bits per heavy atom. The number of aromatic nitrogens is 1. The number of nitrogens with zero attached hydrogens (tertiary/aromatic N) is 1. The zero-order valence-corrected chi connectivity index (χ0v) is 12.4. The van der Waals surface area contributed by atoms with Gasteiger partial charge in [0.2, 0.25) is 0 Å². The first-order chi connectivity index (χ1) is 9.25. The molecule has 104 valence electrons. The van der Waals surface area contributed by atoms with Crippen molar-refractivity contribution < 1.29 is 4.74 Å². The van der Waals surface area contributed by atoms with Crippen molar-refractivity contribution in [1.29, 1.82) is 0 Å². The first-order valence-corrected chi connectivity index (χ1v) is 8.45. The second-order valence-electron chi connectivity index (χ2n) is 6.38. The molecule has 1 saturated heterocycles. The molecule has 1 aliphatic heterocycles. The highest BCUT2D eigenvalue weighted by Crippen LogP contribution is 2.42. The molecule has 2 fully saturated rings. The number of thiazole rings is 1. The van der Waals surface area contributed by atoms with Crippen LogP contribution in [0.25, 0.3) is 0 Å². The molecule has 4 heteroatoms. The van der Waals surface area contributed by atoms with Gasteiger partial charge in [-0.15, -0.1) is 11.3 Å². The molecule has 0 aromatic carbocycles. The third kappa shape index (κ3) is 2.24. The third-order valence-electron chi connectivity index (χ3n) is 4.63. The van der Waals surface area contributed by atoms with E-state index in [1.54, 1.807) is 4.88 Å². The highest BCUT2D eigenvalue weighted by atomic mass is 32.1. The summed E-state index contributed by atoms with van der Waals surface area (Å²) in [5.74, 6) is 0. The van der Waals surface area contributed by atoms with Crippen LogP contribution >= 0.6 is 11.3 Å². The summed E-state index contributed by atoms with van der Waals surface area (Å²) in [6.45, 7) is 3.06. The van der Waals surface area contributed by atoms with Crippen LogP contribution in [0.2, 0.25) is 0 Å². The molecule has 1 N–H and O–H groups in total. The van der Waals surface area contributed by atoms with Crippen LogP contribution in [-0.4, -0.2) is 23.7 Å². The minimum atomic E-state index is 0.105. The van der Waals surface area contributed by atoms with Crippen molar-refractivity contribution in [1.82, 2.24) is 10.3 Å². The van der Waals surface area contributed by atoms with Gasteiger partial charge in [0.05, 0.1) is 17.3 Å². The van der Waals surface area contributed by atoms with E-state index in [9.17, 15) is 0 Å². The lowest BCUT2D eigenvalue weighted by atomic mass is 9.87. The second-order valence-corrected chi connectivity index (χ2v) is 7.46. The summed E-state index contributed by atoms with van der Waals surface area (Å²) in [5, 5.41) is 5.26. The van der Waals surface area contributed by atoms with Crippen LogP contribution in [0.1, 0.15) is 54.6 Å². The van der Waals surface area contributed by atoms with Gasteiger partial charge < -0.3 is 10.1 Å². The van der Waals surface area contributed by atoms with E-state index in [0.717, 1.165) is 25.5 Å². The number of aryl methyl sites for hydroxylation is 2. The fourth-order valence-corrected chi connectivity index (χ4v) is 4.83. The summed E-state index contributed by atoms with van der Waals surface area (Å²) >= 11 is 1.97. The molecule has 3 aliphatic rings. The summed E-state index contributed by atoms with van der Waals surface area (Å²) in [6.07, 6.45) is 8.92. The summed E-state index contributed by atoms with van der Waals surface area (Å²) in [4.78, 5) is 6.55. The van der Waals surface area contributed by atoms with Crippen molar-refractivity contribution in [3.05, 3.63) is 15.6 Å². The van der Waals surface area contributed by atoms with Crippen molar-refractivity contribution in [3.8, 4) is 0 Å². The number of hydrogen-bond acceptors (Lipinski definition) is 4. The Kier molecular flexibility index (Phi) is 2.94. The summed E-state index contributed by atoms with van der Waals surface area (Å²) < 4.78 is 5.77. The second kappa shape index (κ2) is 4.54. The van der Waals surface area contributed by atoms with Gasteiger partial charge in [-0.2, -0.15) is 0 Å². The monoisotopic (exact) mass is 278 g/mol. The van der Waals surface area contributed by atoms with E-state index in [4.69, 9.17) is 9.72 Å². The Morgan fingerprint density at radius 2 is 2.26 bits per heavy atom. The molecule has 0 bridgehead atoms. The number of rotatable bonds is 3. The van der Waals surface area contributed by atoms with Gasteiger partial charge in [-0.05, 0) is 51.9 Å². The molecule has 2 unspecified atom stereocenters. The lowest BCUT2D eigenvalue weighted by Crippen LogP contribution is -2.49. The van der Waals surface area contributed by atoms with Crippen molar-refractivity contribution in [2.75, 3.05) is 6.61 Å². The quantitative estimate of drug-likeness (QED) is 0.923. The number of nitrogens with one attached hydrogen (secondary N) is 1. The minimum absolute atomic E-state index is 0.105. The van der Waals surface area contributed by atoms with Crippen molar-refractivity contribution >= 4 is 11.3 Å². The molecule has 0 radical (unpaired) electrons. The lowest BCUT2D eigenvalue weighted by molar-refractivity contribution is -0.0214. The van der Waals surface area contributed by atoms with Gasteiger partial charge in [0.1, 0.15) is 5.01 Å². The standard InChI is InChI=1S/C15H22N2OS/c1-10-9-15(7-8-18-10,17-11-5-6-11)14-16-12-3-2-4-13(12)19-14/h10-11,17H,2-9H2,1H3. The molecule has 2 heterocycles. The summed E-state index contributed by atoms with van der Waals surface area (Å²) in [5.41, 5.74) is 1.49. The number of ether oxygens (including phenoxy) is 1. The van der Waals surface area contributed by atoms with E-state index >= 15 is 0 Å². The average Bonchev–Trinajstić information content (AvgIpc) is 2.91. The fraction of sp³-hybridized carbons (Fsp3) is 0.800. The first-order valence-electron chi connectivity index (χ1n) is 7.63. The van der Waals surface area contributed by atoms with Crippen LogP contribution in [0.4, 0.5) is 0 Å². The maximum Gasteiger partial charge on any atom is 0.113 e. The maximum absolute atomic E-state index is 5.77. The van der Waals surface area contributed by atoms with Crippen molar-refractivity contribution in [3.63, 3.8) is 0 Å².